The largest absolute Gasteiger partial charge is 0.454 e. The first-order valence-electron chi connectivity index (χ1n) is 10.6. The number of likely N-dealkylation sites (tertiary alicyclic amines) is 1. The van der Waals surface area contributed by atoms with E-state index in [1.807, 2.05) is 42.5 Å². The molecule has 3 heterocycles. The Labute approximate surface area is 180 Å². The summed E-state index contributed by atoms with van der Waals surface area (Å²) in [7, 11) is 0. The van der Waals surface area contributed by atoms with Gasteiger partial charge in [-0.3, -0.25) is 9.59 Å². The molecule has 3 aliphatic heterocycles. The van der Waals surface area contributed by atoms with E-state index in [4.69, 9.17) is 14.2 Å². The standard InChI is InChI=1S/C23H25N3O5/c27-22-8-6-19(26(22)14-16-1-7-20-21(13-16)31-15-30-20)23(28)24-17-2-4-18(5-3-17)25-9-11-29-12-10-25/h1-5,7,13,19H,6,8-12,14-15H2,(H,24,28). The molecule has 8 heteroatoms. The van der Waals surface area contributed by atoms with Crippen molar-refractivity contribution in [2.45, 2.75) is 25.4 Å². The van der Waals surface area contributed by atoms with Gasteiger partial charge in [-0.25, -0.2) is 0 Å². The van der Waals surface area contributed by atoms with Gasteiger partial charge in [0, 0.05) is 37.4 Å². The number of benzene rings is 2. The fraction of sp³-hybridized carbons (Fsp3) is 0.391. The van der Waals surface area contributed by atoms with E-state index in [0.717, 1.165) is 43.2 Å². The Balaban J connectivity index is 1.24. The summed E-state index contributed by atoms with van der Waals surface area (Å²) in [4.78, 5) is 29.3. The number of ether oxygens (including phenoxy) is 3. The molecule has 2 aromatic rings. The van der Waals surface area contributed by atoms with Gasteiger partial charge in [0.1, 0.15) is 6.04 Å². The molecule has 1 atom stereocenters. The van der Waals surface area contributed by atoms with Crippen LogP contribution in [0.1, 0.15) is 18.4 Å². The molecule has 3 aliphatic rings. The van der Waals surface area contributed by atoms with Crippen molar-refractivity contribution in [1.82, 2.24) is 4.90 Å². The number of amides is 2. The molecule has 0 radical (unpaired) electrons. The summed E-state index contributed by atoms with van der Waals surface area (Å²) in [5.41, 5.74) is 2.75. The van der Waals surface area contributed by atoms with Gasteiger partial charge < -0.3 is 29.3 Å². The second kappa shape index (κ2) is 8.47. The van der Waals surface area contributed by atoms with Crippen molar-refractivity contribution in [2.24, 2.45) is 0 Å². The van der Waals surface area contributed by atoms with Crippen LogP contribution < -0.4 is 19.7 Å². The Kier molecular flexibility index (Phi) is 5.38. The maximum absolute atomic E-state index is 13.0. The van der Waals surface area contributed by atoms with Gasteiger partial charge in [0.15, 0.2) is 11.5 Å². The predicted molar refractivity (Wildman–Crippen MR) is 114 cm³/mol. The van der Waals surface area contributed by atoms with Crippen molar-refractivity contribution < 1.29 is 23.8 Å². The molecule has 1 N–H and O–H groups in total. The highest BCUT2D eigenvalue weighted by atomic mass is 16.7. The molecule has 1 unspecified atom stereocenters. The Hall–Kier alpha value is -3.26. The van der Waals surface area contributed by atoms with Gasteiger partial charge in [-0.15, -0.1) is 0 Å². The van der Waals surface area contributed by atoms with Gasteiger partial charge in [-0.05, 0) is 48.4 Å². The van der Waals surface area contributed by atoms with E-state index in [2.05, 4.69) is 10.2 Å². The number of fused-ring (bicyclic) bond motifs is 1. The molecule has 5 rings (SSSR count). The normalized spacial score (nSPS) is 20.3. The summed E-state index contributed by atoms with van der Waals surface area (Å²) >= 11 is 0. The van der Waals surface area contributed by atoms with Crippen molar-refractivity contribution in [1.29, 1.82) is 0 Å². The predicted octanol–water partition coefficient (Wildman–Crippen LogP) is 2.38. The smallest absolute Gasteiger partial charge is 0.247 e. The van der Waals surface area contributed by atoms with Gasteiger partial charge in [0.2, 0.25) is 18.6 Å². The lowest BCUT2D eigenvalue weighted by atomic mass is 10.1. The zero-order valence-electron chi connectivity index (χ0n) is 17.2. The first-order chi connectivity index (χ1) is 15.2. The van der Waals surface area contributed by atoms with Gasteiger partial charge in [0.05, 0.1) is 13.2 Å². The highest BCUT2D eigenvalue weighted by Gasteiger charge is 2.36. The van der Waals surface area contributed by atoms with Crippen LogP contribution in [0.4, 0.5) is 11.4 Å². The molecule has 0 aromatic heterocycles. The van der Waals surface area contributed by atoms with Crippen LogP contribution in [-0.2, 0) is 20.9 Å². The maximum atomic E-state index is 13.0. The number of nitrogens with zero attached hydrogens (tertiary/aromatic N) is 2. The molecule has 162 valence electrons. The highest BCUT2D eigenvalue weighted by Crippen LogP contribution is 2.33. The fourth-order valence-corrected chi connectivity index (χ4v) is 4.24. The minimum Gasteiger partial charge on any atom is -0.454 e. The van der Waals surface area contributed by atoms with Crippen molar-refractivity contribution in [3.63, 3.8) is 0 Å². The summed E-state index contributed by atoms with van der Waals surface area (Å²) in [5.74, 6) is 1.20. The molecular formula is C23H25N3O5. The first kappa shape index (κ1) is 19.7. The Bertz CT molecular complexity index is 972. The summed E-state index contributed by atoms with van der Waals surface area (Å²) in [5, 5.41) is 2.97. The molecule has 0 bridgehead atoms. The van der Waals surface area contributed by atoms with E-state index in [9.17, 15) is 9.59 Å². The molecule has 2 amide bonds. The Morgan fingerprint density at radius 3 is 2.61 bits per heavy atom. The maximum Gasteiger partial charge on any atom is 0.247 e. The van der Waals surface area contributed by atoms with Crippen molar-refractivity contribution >= 4 is 23.2 Å². The average Bonchev–Trinajstić information content (AvgIpc) is 3.41. The van der Waals surface area contributed by atoms with E-state index < -0.39 is 6.04 Å². The summed E-state index contributed by atoms with van der Waals surface area (Å²) in [6.45, 7) is 3.76. The van der Waals surface area contributed by atoms with Crippen molar-refractivity contribution in [3.05, 3.63) is 48.0 Å². The minimum atomic E-state index is -0.489. The SMILES string of the molecule is O=C(Nc1ccc(N2CCOCC2)cc1)C1CCC(=O)N1Cc1ccc2c(c1)OCO2. The van der Waals surface area contributed by atoms with Gasteiger partial charge in [0.25, 0.3) is 0 Å². The molecule has 31 heavy (non-hydrogen) atoms. The van der Waals surface area contributed by atoms with E-state index in [0.29, 0.717) is 30.9 Å². The van der Waals surface area contributed by atoms with Gasteiger partial charge in [-0.1, -0.05) is 6.07 Å². The molecule has 2 aromatic carbocycles. The van der Waals surface area contributed by atoms with Crippen LogP contribution in [-0.4, -0.2) is 55.9 Å². The average molecular weight is 423 g/mol. The molecule has 0 saturated carbocycles. The zero-order chi connectivity index (χ0) is 21.2. The molecule has 2 saturated heterocycles. The first-order valence-corrected chi connectivity index (χ1v) is 10.6. The third kappa shape index (κ3) is 4.16. The number of carbonyl (C=O) groups is 2. The number of rotatable bonds is 5. The molecule has 2 fully saturated rings. The lowest BCUT2D eigenvalue weighted by Gasteiger charge is -2.29. The lowest BCUT2D eigenvalue weighted by Crippen LogP contribution is -2.41. The van der Waals surface area contributed by atoms with E-state index >= 15 is 0 Å². The van der Waals surface area contributed by atoms with E-state index in [1.165, 1.54) is 0 Å². The van der Waals surface area contributed by atoms with E-state index in [-0.39, 0.29) is 18.6 Å². The second-order valence-corrected chi connectivity index (χ2v) is 7.90. The van der Waals surface area contributed by atoms with Crippen LogP contribution >= 0.6 is 0 Å². The second-order valence-electron chi connectivity index (χ2n) is 7.90. The van der Waals surface area contributed by atoms with Crippen LogP contribution in [0.15, 0.2) is 42.5 Å². The fourth-order valence-electron chi connectivity index (χ4n) is 4.24. The summed E-state index contributed by atoms with van der Waals surface area (Å²) in [6, 6.07) is 12.9. The summed E-state index contributed by atoms with van der Waals surface area (Å²) in [6.07, 6.45) is 0.889. The van der Waals surface area contributed by atoms with Gasteiger partial charge in [-0.2, -0.15) is 0 Å². The van der Waals surface area contributed by atoms with Crippen LogP contribution in [0.5, 0.6) is 11.5 Å². The Morgan fingerprint density at radius 1 is 1.03 bits per heavy atom. The van der Waals surface area contributed by atoms with Gasteiger partial charge >= 0.3 is 0 Å². The van der Waals surface area contributed by atoms with Crippen LogP contribution in [0, 0.1) is 0 Å². The number of hydrogen-bond donors (Lipinski definition) is 1. The number of carbonyl (C=O) groups excluding carboxylic acids is 2. The number of morpholine rings is 1. The topological polar surface area (TPSA) is 80.3 Å². The van der Waals surface area contributed by atoms with Crippen molar-refractivity contribution in [3.8, 4) is 11.5 Å². The van der Waals surface area contributed by atoms with E-state index in [1.54, 1.807) is 4.90 Å². The number of nitrogens with one attached hydrogen (secondary N) is 1. The van der Waals surface area contributed by atoms with Crippen LogP contribution in [0.2, 0.25) is 0 Å². The molecule has 0 spiro atoms. The lowest BCUT2D eigenvalue weighted by molar-refractivity contribution is -0.133. The molecule has 0 aliphatic carbocycles. The number of hydrogen-bond acceptors (Lipinski definition) is 6. The van der Waals surface area contributed by atoms with Crippen LogP contribution in [0.25, 0.3) is 0 Å². The molecule has 8 nitrogen and oxygen atoms in total. The quantitative estimate of drug-likeness (QED) is 0.796. The zero-order valence-corrected chi connectivity index (χ0v) is 17.2. The highest BCUT2D eigenvalue weighted by molar-refractivity contribution is 5.99. The third-order valence-corrected chi connectivity index (χ3v) is 5.93. The Morgan fingerprint density at radius 2 is 1.81 bits per heavy atom. The monoisotopic (exact) mass is 423 g/mol. The van der Waals surface area contributed by atoms with Crippen LogP contribution in [0.3, 0.4) is 0 Å². The number of anilines is 2. The third-order valence-electron chi connectivity index (χ3n) is 5.93. The minimum absolute atomic E-state index is 0.0134. The molecular weight excluding hydrogens is 398 g/mol. The summed E-state index contributed by atoms with van der Waals surface area (Å²) < 4.78 is 16.2. The van der Waals surface area contributed by atoms with Crippen molar-refractivity contribution in [2.75, 3.05) is 43.3 Å².